The number of carbonyl (C=O) groups excluding carboxylic acids is 3. The van der Waals surface area contributed by atoms with Crippen molar-refractivity contribution in [1.82, 2.24) is 9.88 Å². The van der Waals surface area contributed by atoms with Gasteiger partial charge in [-0.25, -0.2) is 4.79 Å². The minimum atomic E-state index is -0.636. The number of aryl methyl sites for hydroxylation is 2. The van der Waals surface area contributed by atoms with Gasteiger partial charge in [0.1, 0.15) is 5.69 Å². The highest BCUT2D eigenvalue weighted by molar-refractivity contribution is 6.07. The predicted octanol–water partition coefficient (Wildman–Crippen LogP) is 4.24. The Labute approximate surface area is 177 Å². The van der Waals surface area contributed by atoms with Gasteiger partial charge in [-0.2, -0.15) is 0 Å². The van der Waals surface area contributed by atoms with Crippen molar-refractivity contribution in [1.29, 1.82) is 0 Å². The fourth-order valence-corrected chi connectivity index (χ4v) is 3.73. The van der Waals surface area contributed by atoms with Gasteiger partial charge >= 0.3 is 5.97 Å². The fraction of sp³-hybridized carbons (Fsp3) is 0.458. The minimum Gasteiger partial charge on any atom is -0.461 e. The van der Waals surface area contributed by atoms with E-state index < -0.39 is 12.0 Å². The Morgan fingerprint density at radius 3 is 2.33 bits per heavy atom. The maximum Gasteiger partial charge on any atom is 0.355 e. The van der Waals surface area contributed by atoms with Gasteiger partial charge in [-0.1, -0.05) is 17.7 Å². The second-order valence-corrected chi connectivity index (χ2v) is 8.15. The first-order chi connectivity index (χ1) is 14.2. The van der Waals surface area contributed by atoms with Gasteiger partial charge in [-0.15, -0.1) is 0 Å². The van der Waals surface area contributed by atoms with E-state index in [1.54, 1.807) is 44.7 Å². The lowest BCUT2D eigenvalue weighted by atomic mass is 9.99. The number of nitrogens with zero attached hydrogens (tertiary/aromatic N) is 1. The Balaban J connectivity index is 1.90. The summed E-state index contributed by atoms with van der Waals surface area (Å²) in [7, 11) is 0. The average molecular weight is 411 g/mol. The largest absolute Gasteiger partial charge is 0.461 e. The maximum atomic E-state index is 13.4. The molecule has 2 aromatic rings. The van der Waals surface area contributed by atoms with Crippen molar-refractivity contribution in [2.75, 3.05) is 13.2 Å². The van der Waals surface area contributed by atoms with E-state index in [9.17, 15) is 14.4 Å². The molecular weight excluding hydrogens is 380 g/mol. The van der Waals surface area contributed by atoms with E-state index in [0.717, 1.165) is 18.4 Å². The van der Waals surface area contributed by atoms with Crippen LogP contribution in [-0.2, 0) is 4.74 Å². The molecule has 1 amide bonds. The van der Waals surface area contributed by atoms with Crippen LogP contribution in [0.4, 0.5) is 0 Å². The number of nitrogens with one attached hydrogen (secondary N) is 1. The molecule has 1 heterocycles. The van der Waals surface area contributed by atoms with Crippen LogP contribution in [0, 0.1) is 26.7 Å². The van der Waals surface area contributed by atoms with Crippen molar-refractivity contribution in [2.24, 2.45) is 5.92 Å². The number of ether oxygens (including phenoxy) is 1. The summed E-state index contributed by atoms with van der Waals surface area (Å²) >= 11 is 0. The summed E-state index contributed by atoms with van der Waals surface area (Å²) in [4.78, 5) is 43.6. The third kappa shape index (κ3) is 4.48. The van der Waals surface area contributed by atoms with Gasteiger partial charge in [-0.05, 0) is 71.1 Å². The van der Waals surface area contributed by atoms with Gasteiger partial charge in [0, 0.05) is 23.4 Å². The van der Waals surface area contributed by atoms with Crippen molar-refractivity contribution in [3.8, 4) is 0 Å². The molecule has 1 atom stereocenters. The molecule has 1 aliphatic rings. The number of benzene rings is 1. The Morgan fingerprint density at radius 2 is 1.77 bits per heavy atom. The summed E-state index contributed by atoms with van der Waals surface area (Å²) in [6.07, 6.45) is 2.15. The van der Waals surface area contributed by atoms with Crippen LogP contribution in [0.5, 0.6) is 0 Å². The van der Waals surface area contributed by atoms with Gasteiger partial charge < -0.3 is 14.6 Å². The number of amides is 1. The van der Waals surface area contributed by atoms with Crippen LogP contribution in [0.3, 0.4) is 0 Å². The van der Waals surface area contributed by atoms with E-state index in [1.807, 2.05) is 19.1 Å². The molecule has 0 spiro atoms. The Kier molecular flexibility index (Phi) is 6.44. The first kappa shape index (κ1) is 21.8. The van der Waals surface area contributed by atoms with Crippen molar-refractivity contribution >= 4 is 17.7 Å². The summed E-state index contributed by atoms with van der Waals surface area (Å²) in [5.74, 6) is -0.342. The molecule has 0 saturated heterocycles. The first-order valence-electron chi connectivity index (χ1n) is 10.5. The molecule has 1 fully saturated rings. The molecule has 1 unspecified atom stereocenters. The molecule has 0 bridgehead atoms. The zero-order chi connectivity index (χ0) is 22.0. The van der Waals surface area contributed by atoms with Gasteiger partial charge in [0.25, 0.3) is 5.91 Å². The van der Waals surface area contributed by atoms with Gasteiger partial charge in [0.2, 0.25) is 0 Å². The van der Waals surface area contributed by atoms with E-state index >= 15 is 0 Å². The topological polar surface area (TPSA) is 79.5 Å². The third-order valence-corrected chi connectivity index (χ3v) is 5.72. The van der Waals surface area contributed by atoms with Gasteiger partial charge in [0.05, 0.1) is 12.6 Å². The summed E-state index contributed by atoms with van der Waals surface area (Å²) in [6.45, 7) is 9.81. The van der Waals surface area contributed by atoms with Crippen LogP contribution in [-0.4, -0.2) is 46.7 Å². The second-order valence-electron chi connectivity index (χ2n) is 8.15. The van der Waals surface area contributed by atoms with E-state index in [-0.39, 0.29) is 18.3 Å². The zero-order valence-electron chi connectivity index (χ0n) is 18.4. The zero-order valence-corrected chi connectivity index (χ0v) is 18.4. The first-order valence-corrected chi connectivity index (χ1v) is 10.5. The Hall–Kier alpha value is -2.89. The molecule has 1 aliphatic carbocycles. The van der Waals surface area contributed by atoms with Crippen LogP contribution in [0.25, 0.3) is 0 Å². The Bertz CT molecular complexity index is 954. The van der Waals surface area contributed by atoms with E-state index in [4.69, 9.17) is 4.74 Å². The van der Waals surface area contributed by atoms with Crippen molar-refractivity contribution < 1.29 is 19.1 Å². The molecule has 1 aromatic carbocycles. The molecule has 1 aromatic heterocycles. The highest BCUT2D eigenvalue weighted by atomic mass is 16.5. The van der Waals surface area contributed by atoms with E-state index in [2.05, 4.69) is 4.98 Å². The lowest BCUT2D eigenvalue weighted by Crippen LogP contribution is -2.44. The maximum absolute atomic E-state index is 13.4. The molecule has 0 radical (unpaired) electrons. The van der Waals surface area contributed by atoms with Crippen molar-refractivity contribution in [2.45, 2.75) is 53.5 Å². The number of carbonyl (C=O) groups is 3. The van der Waals surface area contributed by atoms with E-state index in [0.29, 0.717) is 40.5 Å². The second kappa shape index (κ2) is 8.86. The molecular formula is C24H30N2O4. The molecule has 1 N–H and O–H groups in total. The standard InChI is InChI=1S/C24H30N2O4/c1-6-30-24(29)21-15(3)20(16(4)25-21)22(27)17(5)26(13-18-9-10-18)23(28)19-11-7-14(2)8-12-19/h7-8,11-12,17-18,25H,6,9-10,13H2,1-5H3. The number of Topliss-reactive ketones (excluding diaryl/α,β-unsaturated/α-hetero) is 1. The molecule has 3 rings (SSSR count). The smallest absolute Gasteiger partial charge is 0.355 e. The summed E-state index contributed by atoms with van der Waals surface area (Å²) in [6, 6.07) is 6.78. The molecule has 30 heavy (non-hydrogen) atoms. The highest BCUT2D eigenvalue weighted by Crippen LogP contribution is 2.32. The number of ketones is 1. The molecule has 6 nitrogen and oxygen atoms in total. The van der Waals surface area contributed by atoms with Crippen LogP contribution < -0.4 is 0 Å². The SMILES string of the molecule is CCOC(=O)c1[nH]c(C)c(C(=O)C(C)N(CC2CC2)C(=O)c2ccc(C)cc2)c1C. The normalized spacial score (nSPS) is 14.3. The van der Waals surface area contributed by atoms with Crippen LogP contribution >= 0.6 is 0 Å². The number of aromatic nitrogens is 1. The average Bonchev–Trinajstić information content (AvgIpc) is 3.49. The monoisotopic (exact) mass is 410 g/mol. The van der Waals surface area contributed by atoms with Crippen LogP contribution in [0.1, 0.15) is 74.7 Å². The number of aromatic amines is 1. The molecule has 1 saturated carbocycles. The van der Waals surface area contributed by atoms with Crippen molar-refractivity contribution in [3.63, 3.8) is 0 Å². The van der Waals surface area contributed by atoms with Gasteiger partial charge in [-0.3, -0.25) is 9.59 Å². The third-order valence-electron chi connectivity index (χ3n) is 5.72. The predicted molar refractivity (Wildman–Crippen MR) is 115 cm³/mol. The number of rotatable bonds is 8. The molecule has 0 aliphatic heterocycles. The molecule has 6 heteroatoms. The number of H-pyrrole nitrogens is 1. The van der Waals surface area contributed by atoms with Crippen LogP contribution in [0.15, 0.2) is 24.3 Å². The lowest BCUT2D eigenvalue weighted by molar-refractivity contribution is 0.0518. The lowest BCUT2D eigenvalue weighted by Gasteiger charge is -2.29. The van der Waals surface area contributed by atoms with Gasteiger partial charge in [0.15, 0.2) is 5.78 Å². The van der Waals surface area contributed by atoms with Crippen molar-refractivity contribution in [3.05, 3.63) is 57.9 Å². The van der Waals surface area contributed by atoms with E-state index in [1.165, 1.54) is 0 Å². The summed E-state index contributed by atoms with van der Waals surface area (Å²) in [5, 5.41) is 0. The summed E-state index contributed by atoms with van der Waals surface area (Å²) in [5.41, 5.74) is 3.59. The number of hydrogen-bond acceptors (Lipinski definition) is 4. The minimum absolute atomic E-state index is 0.140. The molecule has 160 valence electrons. The highest BCUT2D eigenvalue weighted by Gasteiger charge is 2.35. The summed E-state index contributed by atoms with van der Waals surface area (Å²) < 4.78 is 5.09. The number of esters is 1. The number of hydrogen-bond donors (Lipinski definition) is 1. The van der Waals surface area contributed by atoms with Crippen LogP contribution in [0.2, 0.25) is 0 Å². The Morgan fingerprint density at radius 1 is 1.13 bits per heavy atom. The fourth-order valence-electron chi connectivity index (χ4n) is 3.73. The quantitative estimate of drug-likeness (QED) is 0.521.